The summed E-state index contributed by atoms with van der Waals surface area (Å²) in [7, 11) is -4.02. The molecule has 0 unspecified atom stereocenters. The Morgan fingerprint density at radius 2 is 1.63 bits per heavy atom. The molecule has 0 aromatic heterocycles. The van der Waals surface area contributed by atoms with Gasteiger partial charge in [0.15, 0.2) is 0 Å². The molecule has 2 rings (SSSR count). The largest absolute Gasteiger partial charge is 0.379 e. The van der Waals surface area contributed by atoms with Crippen molar-refractivity contribution in [3.63, 3.8) is 0 Å². The van der Waals surface area contributed by atoms with E-state index >= 15 is 0 Å². The summed E-state index contributed by atoms with van der Waals surface area (Å²) in [6.45, 7) is 3.47. The van der Waals surface area contributed by atoms with Gasteiger partial charge in [-0.2, -0.15) is 8.42 Å². The lowest BCUT2D eigenvalue weighted by atomic mass is 10.2. The normalized spacial score (nSPS) is 11.3. The fourth-order valence-corrected chi connectivity index (χ4v) is 2.78. The van der Waals surface area contributed by atoms with Crippen molar-refractivity contribution in [2.24, 2.45) is 0 Å². The number of aryl methyl sites for hydroxylation is 2. The summed E-state index contributed by atoms with van der Waals surface area (Å²) in [6, 6.07) is 10.2. The van der Waals surface area contributed by atoms with E-state index < -0.39 is 15.9 Å². The summed E-state index contributed by atoms with van der Waals surface area (Å²) in [5, 5.41) is 0. The number of rotatable bonds is 3. The summed E-state index contributed by atoms with van der Waals surface area (Å²) >= 11 is 0. The Morgan fingerprint density at radius 1 is 1.00 bits per heavy atom. The van der Waals surface area contributed by atoms with E-state index in [9.17, 15) is 12.8 Å². The minimum atomic E-state index is -4.02. The SMILES string of the molecule is Cc1ccc(OS(=O)(=O)c2cc(F)ccc2C)cc1. The minimum absolute atomic E-state index is 0.159. The van der Waals surface area contributed by atoms with Gasteiger partial charge in [0.1, 0.15) is 16.5 Å². The van der Waals surface area contributed by atoms with E-state index in [0.717, 1.165) is 11.6 Å². The zero-order chi connectivity index (χ0) is 14.0. The van der Waals surface area contributed by atoms with E-state index in [4.69, 9.17) is 4.18 Å². The lowest BCUT2D eigenvalue weighted by Crippen LogP contribution is -2.11. The van der Waals surface area contributed by atoms with Crippen LogP contribution in [0.15, 0.2) is 47.4 Å². The van der Waals surface area contributed by atoms with Crippen molar-refractivity contribution in [1.29, 1.82) is 0 Å². The Hall–Kier alpha value is -1.88. The van der Waals surface area contributed by atoms with Gasteiger partial charge in [0.05, 0.1) is 0 Å². The van der Waals surface area contributed by atoms with Gasteiger partial charge >= 0.3 is 10.1 Å². The van der Waals surface area contributed by atoms with Crippen molar-refractivity contribution >= 4 is 10.1 Å². The van der Waals surface area contributed by atoms with Crippen molar-refractivity contribution in [1.82, 2.24) is 0 Å². The summed E-state index contributed by atoms with van der Waals surface area (Å²) in [5.74, 6) is -0.411. The summed E-state index contributed by atoms with van der Waals surface area (Å²) in [5.41, 5.74) is 1.43. The van der Waals surface area contributed by atoms with Gasteiger partial charge in [0.2, 0.25) is 0 Å². The van der Waals surface area contributed by atoms with Crippen molar-refractivity contribution < 1.29 is 17.0 Å². The molecule has 0 spiro atoms. The topological polar surface area (TPSA) is 43.4 Å². The minimum Gasteiger partial charge on any atom is -0.379 e. The highest BCUT2D eigenvalue weighted by molar-refractivity contribution is 7.87. The Labute approximate surface area is 111 Å². The molecule has 3 nitrogen and oxygen atoms in total. The van der Waals surface area contributed by atoms with Crippen LogP contribution in [-0.2, 0) is 10.1 Å². The lowest BCUT2D eigenvalue weighted by Gasteiger charge is -2.09. The van der Waals surface area contributed by atoms with E-state index in [1.54, 1.807) is 31.2 Å². The molecule has 19 heavy (non-hydrogen) atoms. The smallest absolute Gasteiger partial charge is 0.339 e. The van der Waals surface area contributed by atoms with Gasteiger partial charge in [-0.25, -0.2) is 4.39 Å². The van der Waals surface area contributed by atoms with Gasteiger partial charge in [-0.3, -0.25) is 0 Å². The van der Waals surface area contributed by atoms with Crippen LogP contribution < -0.4 is 4.18 Å². The van der Waals surface area contributed by atoms with Crippen LogP contribution in [0.2, 0.25) is 0 Å². The second-order valence-electron chi connectivity index (χ2n) is 4.26. The molecular formula is C14H13FO3S. The van der Waals surface area contributed by atoms with E-state index in [2.05, 4.69) is 0 Å². The maximum Gasteiger partial charge on any atom is 0.339 e. The third-order valence-corrected chi connectivity index (χ3v) is 4.04. The van der Waals surface area contributed by atoms with Gasteiger partial charge in [0, 0.05) is 0 Å². The molecule has 0 saturated carbocycles. The first-order chi connectivity index (χ1) is 8.88. The lowest BCUT2D eigenvalue weighted by molar-refractivity contribution is 0.484. The van der Waals surface area contributed by atoms with E-state index in [-0.39, 0.29) is 10.6 Å². The first kappa shape index (κ1) is 13.5. The van der Waals surface area contributed by atoms with Gasteiger partial charge in [-0.15, -0.1) is 0 Å². The fourth-order valence-electron chi connectivity index (χ4n) is 1.61. The van der Waals surface area contributed by atoms with Crippen LogP contribution in [0.4, 0.5) is 4.39 Å². The molecule has 0 heterocycles. The van der Waals surface area contributed by atoms with Crippen LogP contribution in [0, 0.1) is 19.7 Å². The first-order valence-corrected chi connectivity index (χ1v) is 7.06. The summed E-state index contributed by atoms with van der Waals surface area (Å²) < 4.78 is 42.3. The van der Waals surface area contributed by atoms with Gasteiger partial charge in [-0.05, 0) is 43.7 Å². The van der Waals surface area contributed by atoms with Crippen molar-refractivity contribution in [3.8, 4) is 5.75 Å². The van der Waals surface area contributed by atoms with Crippen molar-refractivity contribution in [2.75, 3.05) is 0 Å². The van der Waals surface area contributed by atoms with Crippen LogP contribution in [0.5, 0.6) is 5.75 Å². The number of halogens is 1. The standard InChI is InChI=1S/C14H13FO3S/c1-10-3-7-13(8-4-10)18-19(16,17)14-9-12(15)6-5-11(14)2/h3-9H,1-2H3. The van der Waals surface area contributed by atoms with E-state index in [0.29, 0.717) is 5.56 Å². The van der Waals surface area contributed by atoms with Crippen molar-refractivity contribution in [2.45, 2.75) is 18.7 Å². The Balaban J connectivity index is 2.37. The van der Waals surface area contributed by atoms with Gasteiger partial charge in [0.25, 0.3) is 0 Å². The van der Waals surface area contributed by atoms with Gasteiger partial charge < -0.3 is 4.18 Å². The fraction of sp³-hybridized carbons (Fsp3) is 0.143. The summed E-state index contributed by atoms with van der Waals surface area (Å²) in [4.78, 5) is -0.159. The molecule has 0 aliphatic heterocycles. The second-order valence-corrected chi connectivity index (χ2v) is 5.78. The molecule has 0 saturated heterocycles. The number of hydrogen-bond acceptors (Lipinski definition) is 3. The molecule has 0 fully saturated rings. The van der Waals surface area contributed by atoms with E-state index in [1.165, 1.54) is 12.1 Å². The van der Waals surface area contributed by atoms with Crippen LogP contribution >= 0.6 is 0 Å². The average molecular weight is 280 g/mol. The summed E-state index contributed by atoms with van der Waals surface area (Å²) in [6.07, 6.45) is 0. The third kappa shape index (κ3) is 3.12. The highest BCUT2D eigenvalue weighted by atomic mass is 32.2. The molecular weight excluding hydrogens is 267 g/mol. The molecule has 0 aliphatic rings. The molecule has 0 N–H and O–H groups in total. The molecule has 0 atom stereocenters. The van der Waals surface area contributed by atoms with Crippen LogP contribution in [0.25, 0.3) is 0 Å². The molecule has 0 amide bonds. The predicted molar refractivity (Wildman–Crippen MR) is 70.1 cm³/mol. The number of benzene rings is 2. The average Bonchev–Trinajstić information content (AvgIpc) is 2.35. The van der Waals surface area contributed by atoms with Crippen LogP contribution in [-0.4, -0.2) is 8.42 Å². The number of hydrogen-bond donors (Lipinski definition) is 0. The molecule has 0 bridgehead atoms. The predicted octanol–water partition coefficient (Wildman–Crippen LogP) is 3.21. The molecule has 2 aromatic carbocycles. The molecule has 100 valence electrons. The molecule has 2 aromatic rings. The van der Waals surface area contributed by atoms with Crippen LogP contribution in [0.1, 0.15) is 11.1 Å². The zero-order valence-electron chi connectivity index (χ0n) is 10.6. The van der Waals surface area contributed by atoms with Crippen LogP contribution in [0.3, 0.4) is 0 Å². The third-order valence-electron chi connectivity index (χ3n) is 2.65. The Morgan fingerprint density at radius 3 is 2.26 bits per heavy atom. The highest BCUT2D eigenvalue weighted by Crippen LogP contribution is 2.22. The highest BCUT2D eigenvalue weighted by Gasteiger charge is 2.20. The molecule has 0 radical (unpaired) electrons. The zero-order valence-corrected chi connectivity index (χ0v) is 11.4. The second kappa shape index (κ2) is 5.01. The van der Waals surface area contributed by atoms with Crippen molar-refractivity contribution in [3.05, 3.63) is 59.4 Å². The Bertz CT molecular complexity index is 691. The van der Waals surface area contributed by atoms with E-state index in [1.807, 2.05) is 6.92 Å². The first-order valence-electron chi connectivity index (χ1n) is 5.66. The molecule has 0 aliphatic carbocycles. The maximum absolute atomic E-state index is 13.1. The maximum atomic E-state index is 13.1. The Kier molecular flexibility index (Phi) is 3.57. The monoisotopic (exact) mass is 280 g/mol. The van der Waals surface area contributed by atoms with Gasteiger partial charge in [-0.1, -0.05) is 23.8 Å². The molecule has 5 heteroatoms. The quantitative estimate of drug-likeness (QED) is 0.811.